The molecule has 3 aromatic heterocycles. The summed E-state index contributed by atoms with van der Waals surface area (Å²) in [5.74, 6) is -0.445. The number of hydrogen-bond donors (Lipinski definition) is 1. The van der Waals surface area contributed by atoms with Crippen molar-refractivity contribution in [2.75, 3.05) is 38.3 Å². The Labute approximate surface area is 195 Å². The van der Waals surface area contributed by atoms with Crippen LogP contribution in [-0.2, 0) is 4.74 Å². The fraction of sp³-hybridized carbons (Fsp3) is 0.200. The van der Waals surface area contributed by atoms with E-state index in [2.05, 4.69) is 15.0 Å². The van der Waals surface area contributed by atoms with E-state index in [1.54, 1.807) is 48.2 Å². The molecule has 0 aliphatic carbocycles. The Morgan fingerprint density at radius 3 is 2.59 bits per heavy atom. The van der Waals surface area contributed by atoms with Gasteiger partial charge in [-0.1, -0.05) is 18.2 Å². The molecule has 1 fully saturated rings. The maximum Gasteiger partial charge on any atom is 0.335 e. The number of aromatic carboxylic acids is 1. The molecule has 0 amide bonds. The minimum absolute atomic E-state index is 0.220. The Morgan fingerprint density at radius 2 is 1.85 bits per heavy atom. The molecule has 0 spiro atoms. The number of carboxylic acid groups (broad SMARTS) is 1. The first-order chi connectivity index (χ1) is 16.6. The minimum atomic E-state index is -0.971. The van der Waals surface area contributed by atoms with Crippen molar-refractivity contribution in [1.82, 2.24) is 19.6 Å². The van der Waals surface area contributed by atoms with E-state index in [4.69, 9.17) is 14.5 Å². The standard InChI is InChI=1S/C25H23N5O4/c1-33-22-4-2-3-19(27-22)9-10-20-23(17-5-7-18(8-6-17)25(31)32)30-24(28-20)21(11-12-26-30)29-13-15-34-16-14-29/h2-12H,13-16H2,1H3,(H,31,32). The third-order valence-electron chi connectivity index (χ3n) is 5.65. The quantitative estimate of drug-likeness (QED) is 0.469. The smallest absolute Gasteiger partial charge is 0.335 e. The Kier molecular flexibility index (Phi) is 5.92. The van der Waals surface area contributed by atoms with E-state index in [-0.39, 0.29) is 5.56 Å². The van der Waals surface area contributed by atoms with Gasteiger partial charge in [0.2, 0.25) is 5.88 Å². The SMILES string of the molecule is COc1cccc(C=Cc2nc3c(N4CCOCC4)ccnn3c2-c2ccc(C(=O)O)cc2)n1. The number of rotatable bonds is 6. The second-order valence-electron chi connectivity index (χ2n) is 7.72. The van der Waals surface area contributed by atoms with E-state index in [0.717, 1.165) is 41.4 Å². The normalized spacial score (nSPS) is 14.1. The van der Waals surface area contributed by atoms with E-state index in [1.807, 2.05) is 30.4 Å². The molecule has 1 aromatic carbocycles. The number of anilines is 1. The lowest BCUT2D eigenvalue weighted by Crippen LogP contribution is -2.36. The highest BCUT2D eigenvalue weighted by atomic mass is 16.5. The highest BCUT2D eigenvalue weighted by Crippen LogP contribution is 2.31. The molecule has 172 valence electrons. The Hall–Kier alpha value is -4.24. The van der Waals surface area contributed by atoms with Crippen LogP contribution >= 0.6 is 0 Å². The summed E-state index contributed by atoms with van der Waals surface area (Å²) in [6.07, 6.45) is 5.51. The number of ether oxygens (including phenoxy) is 2. The molecule has 0 radical (unpaired) electrons. The molecule has 4 aromatic rings. The molecule has 1 saturated heterocycles. The molecule has 0 unspecified atom stereocenters. The van der Waals surface area contributed by atoms with Gasteiger partial charge in [-0.05, 0) is 36.4 Å². The zero-order valence-electron chi connectivity index (χ0n) is 18.6. The Morgan fingerprint density at radius 1 is 1.06 bits per heavy atom. The van der Waals surface area contributed by atoms with Gasteiger partial charge in [-0.25, -0.2) is 19.3 Å². The van der Waals surface area contributed by atoms with Gasteiger partial charge in [0.25, 0.3) is 0 Å². The van der Waals surface area contributed by atoms with Crippen molar-refractivity contribution in [2.24, 2.45) is 0 Å². The lowest BCUT2D eigenvalue weighted by Gasteiger charge is -2.28. The van der Waals surface area contributed by atoms with Gasteiger partial charge in [-0.2, -0.15) is 5.10 Å². The first-order valence-corrected chi connectivity index (χ1v) is 10.9. The van der Waals surface area contributed by atoms with Gasteiger partial charge in [0.05, 0.1) is 49.2 Å². The van der Waals surface area contributed by atoms with Crippen LogP contribution in [-0.4, -0.2) is 64.1 Å². The van der Waals surface area contributed by atoms with Crippen LogP contribution in [0.2, 0.25) is 0 Å². The molecule has 4 heterocycles. The Bertz CT molecular complexity index is 1360. The van der Waals surface area contributed by atoms with E-state index in [1.165, 1.54) is 0 Å². The summed E-state index contributed by atoms with van der Waals surface area (Å²) in [5.41, 5.74) is 4.91. The maximum atomic E-state index is 11.3. The average molecular weight is 457 g/mol. The Balaban J connectivity index is 1.65. The lowest BCUT2D eigenvalue weighted by molar-refractivity contribution is 0.0697. The number of nitrogens with zero attached hydrogens (tertiary/aromatic N) is 5. The van der Waals surface area contributed by atoms with Crippen molar-refractivity contribution in [2.45, 2.75) is 0 Å². The number of methoxy groups -OCH3 is 1. The third kappa shape index (κ3) is 4.20. The first-order valence-electron chi connectivity index (χ1n) is 10.9. The summed E-state index contributed by atoms with van der Waals surface area (Å²) in [5, 5.41) is 13.9. The summed E-state index contributed by atoms with van der Waals surface area (Å²) >= 11 is 0. The number of benzene rings is 1. The summed E-state index contributed by atoms with van der Waals surface area (Å²) in [6.45, 7) is 2.86. The van der Waals surface area contributed by atoms with Crippen molar-refractivity contribution in [3.05, 3.63) is 71.7 Å². The molecule has 0 saturated carbocycles. The van der Waals surface area contributed by atoms with Crippen molar-refractivity contribution in [3.8, 4) is 17.1 Å². The zero-order chi connectivity index (χ0) is 23.5. The van der Waals surface area contributed by atoms with Crippen molar-refractivity contribution >= 4 is 29.5 Å². The highest BCUT2D eigenvalue weighted by Gasteiger charge is 2.20. The number of hydrogen-bond acceptors (Lipinski definition) is 7. The van der Waals surface area contributed by atoms with Crippen LogP contribution in [0.15, 0.2) is 54.7 Å². The van der Waals surface area contributed by atoms with Crippen LogP contribution in [0.3, 0.4) is 0 Å². The number of carboxylic acids is 1. The summed E-state index contributed by atoms with van der Waals surface area (Å²) < 4.78 is 12.5. The van der Waals surface area contributed by atoms with Crippen LogP contribution in [0.5, 0.6) is 5.88 Å². The summed E-state index contributed by atoms with van der Waals surface area (Å²) in [6, 6.07) is 14.2. The van der Waals surface area contributed by atoms with Crippen molar-refractivity contribution in [3.63, 3.8) is 0 Å². The molecule has 1 aliphatic rings. The molecule has 9 heteroatoms. The molecule has 34 heavy (non-hydrogen) atoms. The van der Waals surface area contributed by atoms with Gasteiger partial charge >= 0.3 is 5.97 Å². The van der Waals surface area contributed by atoms with Crippen molar-refractivity contribution in [1.29, 1.82) is 0 Å². The maximum absolute atomic E-state index is 11.3. The summed E-state index contributed by atoms with van der Waals surface area (Å²) in [7, 11) is 1.58. The largest absolute Gasteiger partial charge is 0.481 e. The zero-order valence-corrected chi connectivity index (χ0v) is 18.6. The molecule has 0 atom stereocenters. The molecular weight excluding hydrogens is 434 g/mol. The van der Waals surface area contributed by atoms with Crippen molar-refractivity contribution < 1.29 is 19.4 Å². The average Bonchev–Trinajstić information content (AvgIpc) is 3.26. The second kappa shape index (κ2) is 9.32. The second-order valence-corrected chi connectivity index (χ2v) is 7.72. The molecule has 5 rings (SSSR count). The van der Waals surface area contributed by atoms with Gasteiger partial charge in [-0.15, -0.1) is 0 Å². The van der Waals surface area contributed by atoms with Crippen LogP contribution in [0, 0.1) is 0 Å². The number of carbonyl (C=O) groups is 1. The number of pyridine rings is 1. The molecular formula is C25H23N5O4. The topological polar surface area (TPSA) is 102 Å². The van der Waals surface area contributed by atoms with Crippen LogP contribution in [0.1, 0.15) is 21.7 Å². The van der Waals surface area contributed by atoms with E-state index >= 15 is 0 Å². The number of fused-ring (bicyclic) bond motifs is 1. The predicted molar refractivity (Wildman–Crippen MR) is 128 cm³/mol. The fourth-order valence-corrected chi connectivity index (χ4v) is 3.96. The fourth-order valence-electron chi connectivity index (χ4n) is 3.96. The first kappa shape index (κ1) is 21.6. The van der Waals surface area contributed by atoms with Gasteiger partial charge < -0.3 is 19.5 Å². The van der Waals surface area contributed by atoms with Gasteiger partial charge in [0, 0.05) is 24.7 Å². The van der Waals surface area contributed by atoms with Crippen LogP contribution in [0.25, 0.3) is 29.1 Å². The molecule has 0 bridgehead atoms. The monoisotopic (exact) mass is 457 g/mol. The molecule has 1 N–H and O–H groups in total. The van der Waals surface area contributed by atoms with Gasteiger partial charge in [-0.3, -0.25) is 0 Å². The van der Waals surface area contributed by atoms with Crippen LogP contribution in [0.4, 0.5) is 5.69 Å². The van der Waals surface area contributed by atoms with Gasteiger partial charge in [0.15, 0.2) is 5.65 Å². The summed E-state index contributed by atoms with van der Waals surface area (Å²) in [4.78, 5) is 22.9. The van der Waals surface area contributed by atoms with E-state index < -0.39 is 5.97 Å². The predicted octanol–water partition coefficient (Wildman–Crippen LogP) is 3.51. The van der Waals surface area contributed by atoms with Gasteiger partial charge in [0.1, 0.15) is 5.69 Å². The van der Waals surface area contributed by atoms with E-state index in [0.29, 0.717) is 24.8 Å². The molecule has 1 aliphatic heterocycles. The molecule has 9 nitrogen and oxygen atoms in total. The number of morpholine rings is 1. The lowest BCUT2D eigenvalue weighted by atomic mass is 10.1. The number of imidazole rings is 1. The van der Waals surface area contributed by atoms with Crippen LogP contribution < -0.4 is 9.64 Å². The minimum Gasteiger partial charge on any atom is -0.481 e. The van der Waals surface area contributed by atoms with E-state index in [9.17, 15) is 9.90 Å². The number of aromatic nitrogens is 4. The third-order valence-corrected chi connectivity index (χ3v) is 5.65. The highest BCUT2D eigenvalue weighted by molar-refractivity contribution is 5.89.